The summed E-state index contributed by atoms with van der Waals surface area (Å²) in [5, 5.41) is 1.16. The molecule has 0 fully saturated rings. The summed E-state index contributed by atoms with van der Waals surface area (Å²) in [5.41, 5.74) is 2.15. The number of rotatable bonds is 6. The van der Waals surface area contributed by atoms with Crippen molar-refractivity contribution in [3.05, 3.63) is 40.2 Å². The Morgan fingerprint density at radius 1 is 1.15 bits per heavy atom. The SMILES string of the molecule is CCCCCCc1cc(=O)n(C)c2cc(OC)ccc12. The number of nitrogens with zero attached hydrogens (tertiary/aromatic N) is 1. The summed E-state index contributed by atoms with van der Waals surface area (Å²) in [4.78, 5) is 12.1. The molecule has 2 aromatic rings. The van der Waals surface area contributed by atoms with Crippen LogP contribution < -0.4 is 10.3 Å². The van der Waals surface area contributed by atoms with Crippen LogP contribution >= 0.6 is 0 Å². The van der Waals surface area contributed by atoms with E-state index in [-0.39, 0.29) is 5.56 Å². The fraction of sp³-hybridized carbons (Fsp3) is 0.471. The number of fused-ring (bicyclic) bond motifs is 1. The zero-order valence-corrected chi connectivity index (χ0v) is 12.6. The number of benzene rings is 1. The van der Waals surface area contributed by atoms with Gasteiger partial charge in [-0.1, -0.05) is 26.2 Å². The first-order valence-electron chi connectivity index (χ1n) is 7.34. The van der Waals surface area contributed by atoms with E-state index in [4.69, 9.17) is 4.74 Å². The molecule has 0 saturated heterocycles. The molecule has 20 heavy (non-hydrogen) atoms. The zero-order valence-electron chi connectivity index (χ0n) is 12.6. The van der Waals surface area contributed by atoms with Gasteiger partial charge >= 0.3 is 0 Å². The van der Waals surface area contributed by atoms with Crippen LogP contribution in [0.4, 0.5) is 0 Å². The molecule has 0 N–H and O–H groups in total. The summed E-state index contributed by atoms with van der Waals surface area (Å²) in [5.74, 6) is 0.788. The Balaban J connectivity index is 2.39. The van der Waals surface area contributed by atoms with Crippen molar-refractivity contribution in [2.75, 3.05) is 7.11 Å². The smallest absolute Gasteiger partial charge is 0.251 e. The number of unbranched alkanes of at least 4 members (excludes halogenated alkanes) is 3. The molecule has 3 heteroatoms. The molecule has 3 nitrogen and oxygen atoms in total. The molecule has 0 bridgehead atoms. The summed E-state index contributed by atoms with van der Waals surface area (Å²) >= 11 is 0. The van der Waals surface area contributed by atoms with Crippen LogP contribution in [0.25, 0.3) is 10.9 Å². The van der Waals surface area contributed by atoms with Crippen molar-refractivity contribution in [3.63, 3.8) is 0 Å². The van der Waals surface area contributed by atoms with Gasteiger partial charge in [0.15, 0.2) is 0 Å². The van der Waals surface area contributed by atoms with E-state index in [0.29, 0.717) is 0 Å². The van der Waals surface area contributed by atoms with Crippen molar-refractivity contribution >= 4 is 10.9 Å². The molecule has 0 aliphatic rings. The molecule has 108 valence electrons. The summed E-state index contributed by atoms with van der Waals surface area (Å²) in [6, 6.07) is 7.73. The topological polar surface area (TPSA) is 31.2 Å². The largest absolute Gasteiger partial charge is 0.497 e. The van der Waals surface area contributed by atoms with Gasteiger partial charge in [0.1, 0.15) is 5.75 Å². The van der Waals surface area contributed by atoms with Crippen LogP contribution in [0.2, 0.25) is 0 Å². The molecule has 0 amide bonds. The number of ether oxygens (including phenoxy) is 1. The molecule has 2 rings (SSSR count). The maximum atomic E-state index is 12.1. The van der Waals surface area contributed by atoms with E-state index in [9.17, 15) is 4.79 Å². The highest BCUT2D eigenvalue weighted by molar-refractivity contribution is 5.84. The number of aryl methyl sites for hydroxylation is 2. The first-order chi connectivity index (χ1) is 9.67. The third kappa shape index (κ3) is 3.03. The van der Waals surface area contributed by atoms with Crippen molar-refractivity contribution in [1.82, 2.24) is 4.57 Å². The molecular formula is C17H23NO2. The second-order valence-electron chi connectivity index (χ2n) is 5.26. The first-order valence-corrected chi connectivity index (χ1v) is 7.34. The Hall–Kier alpha value is -1.77. The fourth-order valence-electron chi connectivity index (χ4n) is 2.58. The van der Waals surface area contributed by atoms with E-state index in [1.165, 1.54) is 19.3 Å². The molecule has 1 heterocycles. The lowest BCUT2D eigenvalue weighted by Crippen LogP contribution is -2.17. The molecule has 1 aromatic heterocycles. The number of aromatic nitrogens is 1. The van der Waals surface area contributed by atoms with Crippen molar-refractivity contribution in [3.8, 4) is 5.75 Å². The monoisotopic (exact) mass is 273 g/mol. The normalized spacial score (nSPS) is 10.9. The molecule has 0 unspecified atom stereocenters. The van der Waals surface area contributed by atoms with Gasteiger partial charge in [0.2, 0.25) is 0 Å². The zero-order chi connectivity index (χ0) is 14.5. The van der Waals surface area contributed by atoms with Gasteiger partial charge in [-0.25, -0.2) is 0 Å². The minimum Gasteiger partial charge on any atom is -0.497 e. The van der Waals surface area contributed by atoms with Crippen LogP contribution in [-0.4, -0.2) is 11.7 Å². The summed E-state index contributed by atoms with van der Waals surface area (Å²) < 4.78 is 6.94. The highest BCUT2D eigenvalue weighted by Crippen LogP contribution is 2.23. The van der Waals surface area contributed by atoms with Crippen LogP contribution in [0.5, 0.6) is 5.75 Å². The second-order valence-corrected chi connectivity index (χ2v) is 5.26. The third-order valence-electron chi connectivity index (χ3n) is 3.84. The number of methoxy groups -OCH3 is 1. The lowest BCUT2D eigenvalue weighted by molar-refractivity contribution is 0.415. The third-order valence-corrected chi connectivity index (χ3v) is 3.84. The Kier molecular flexibility index (Phi) is 4.83. The van der Waals surface area contributed by atoms with E-state index in [1.54, 1.807) is 17.7 Å². The average molecular weight is 273 g/mol. The summed E-state index contributed by atoms with van der Waals surface area (Å²) in [6.07, 6.45) is 5.83. The summed E-state index contributed by atoms with van der Waals surface area (Å²) in [7, 11) is 3.46. The van der Waals surface area contributed by atoms with Crippen LogP contribution in [0.15, 0.2) is 29.1 Å². The maximum absolute atomic E-state index is 12.1. The quantitative estimate of drug-likeness (QED) is 0.752. The maximum Gasteiger partial charge on any atom is 0.251 e. The lowest BCUT2D eigenvalue weighted by atomic mass is 10.0. The minimum absolute atomic E-state index is 0.0521. The Morgan fingerprint density at radius 2 is 1.95 bits per heavy atom. The molecule has 0 aliphatic carbocycles. The van der Waals surface area contributed by atoms with Gasteiger partial charge in [0.25, 0.3) is 5.56 Å². The first kappa shape index (κ1) is 14.6. The molecular weight excluding hydrogens is 250 g/mol. The van der Waals surface area contributed by atoms with Crippen LogP contribution in [-0.2, 0) is 13.5 Å². The van der Waals surface area contributed by atoms with E-state index in [0.717, 1.165) is 35.1 Å². The molecule has 0 saturated carbocycles. The highest BCUT2D eigenvalue weighted by atomic mass is 16.5. The Bertz CT molecular complexity index is 643. The minimum atomic E-state index is 0.0521. The van der Waals surface area contributed by atoms with Gasteiger partial charge in [0, 0.05) is 24.6 Å². The van der Waals surface area contributed by atoms with Gasteiger partial charge in [-0.15, -0.1) is 0 Å². The fourth-order valence-corrected chi connectivity index (χ4v) is 2.58. The predicted molar refractivity (Wildman–Crippen MR) is 83.6 cm³/mol. The molecule has 1 aromatic carbocycles. The van der Waals surface area contributed by atoms with E-state index in [1.807, 2.05) is 19.2 Å². The average Bonchev–Trinajstić information content (AvgIpc) is 2.48. The standard InChI is InChI=1S/C17H23NO2/c1-4-5-6-7-8-13-11-17(19)18(2)16-12-14(20-3)9-10-15(13)16/h9-12H,4-8H2,1-3H3. The van der Waals surface area contributed by atoms with Gasteiger partial charge in [0.05, 0.1) is 12.6 Å². The van der Waals surface area contributed by atoms with E-state index in [2.05, 4.69) is 13.0 Å². The number of pyridine rings is 1. The molecule has 0 atom stereocenters. The van der Waals surface area contributed by atoms with Gasteiger partial charge < -0.3 is 9.30 Å². The molecule has 0 radical (unpaired) electrons. The van der Waals surface area contributed by atoms with Crippen LogP contribution in [0, 0.1) is 0 Å². The van der Waals surface area contributed by atoms with Crippen LogP contribution in [0.1, 0.15) is 38.2 Å². The predicted octanol–water partition coefficient (Wildman–Crippen LogP) is 3.67. The summed E-state index contributed by atoms with van der Waals surface area (Å²) in [6.45, 7) is 2.21. The number of hydrogen-bond donors (Lipinski definition) is 0. The van der Waals surface area contributed by atoms with E-state index < -0.39 is 0 Å². The molecule has 0 aliphatic heterocycles. The highest BCUT2D eigenvalue weighted by Gasteiger charge is 2.07. The lowest BCUT2D eigenvalue weighted by Gasteiger charge is -2.11. The van der Waals surface area contributed by atoms with Gasteiger partial charge in [-0.3, -0.25) is 4.79 Å². The van der Waals surface area contributed by atoms with Crippen molar-refractivity contribution < 1.29 is 4.74 Å². The van der Waals surface area contributed by atoms with E-state index >= 15 is 0 Å². The molecule has 0 spiro atoms. The Labute approximate surface area is 120 Å². The number of hydrogen-bond acceptors (Lipinski definition) is 2. The van der Waals surface area contributed by atoms with Crippen LogP contribution in [0.3, 0.4) is 0 Å². The van der Waals surface area contributed by atoms with Crippen molar-refractivity contribution in [2.45, 2.75) is 39.0 Å². The van der Waals surface area contributed by atoms with Gasteiger partial charge in [-0.2, -0.15) is 0 Å². The second kappa shape index (κ2) is 6.60. The van der Waals surface area contributed by atoms with Gasteiger partial charge in [-0.05, 0) is 30.5 Å². The van der Waals surface area contributed by atoms with Crippen molar-refractivity contribution in [2.24, 2.45) is 7.05 Å². The van der Waals surface area contributed by atoms with Crippen molar-refractivity contribution in [1.29, 1.82) is 0 Å². The Morgan fingerprint density at radius 3 is 2.65 bits per heavy atom.